The van der Waals surface area contributed by atoms with Gasteiger partial charge in [-0.05, 0) is 0 Å². The molecule has 0 aliphatic heterocycles. The Morgan fingerprint density at radius 2 is 1.25 bits per heavy atom. The first-order valence-electron chi connectivity index (χ1n) is 5.16. The van der Waals surface area contributed by atoms with Crippen molar-refractivity contribution in [2.75, 3.05) is 0 Å². The summed E-state index contributed by atoms with van der Waals surface area (Å²) < 4.78 is 6.58. The van der Waals surface area contributed by atoms with Gasteiger partial charge in [0.15, 0.2) is 0 Å². The molecule has 0 saturated carbocycles. The van der Waals surface area contributed by atoms with E-state index < -0.39 is 18.4 Å². The van der Waals surface area contributed by atoms with Crippen LogP contribution in [0.3, 0.4) is 0 Å². The van der Waals surface area contributed by atoms with Crippen molar-refractivity contribution >= 4 is 18.4 Å². The minimum absolute atomic E-state index is 1.23. The Bertz CT molecular complexity index is 131. The molecule has 0 saturated heterocycles. The quantitative estimate of drug-likeness (QED) is 0.677. The molecule has 0 aliphatic carbocycles. The summed E-state index contributed by atoms with van der Waals surface area (Å²) >= 11 is -2.21. The van der Waals surface area contributed by atoms with Crippen LogP contribution in [0.15, 0.2) is 0 Å². The maximum atomic E-state index is 9.21. The van der Waals surface area contributed by atoms with Crippen molar-refractivity contribution in [1.29, 1.82) is 5.26 Å². The Hall–Kier alpha value is 0.289. The van der Waals surface area contributed by atoms with Crippen LogP contribution in [0.1, 0.15) is 40.0 Å². The van der Waals surface area contributed by atoms with Gasteiger partial charge in [-0.15, -0.1) is 0 Å². The molecule has 0 N–H and O–H groups in total. The van der Waals surface area contributed by atoms with Gasteiger partial charge in [0.25, 0.3) is 0 Å². The molecular formula is C10H21NSn. The Balaban J connectivity index is 4.19. The van der Waals surface area contributed by atoms with Crippen LogP contribution in [0.5, 0.6) is 0 Å². The molecule has 0 amide bonds. The van der Waals surface area contributed by atoms with Gasteiger partial charge >= 0.3 is 81.1 Å². The van der Waals surface area contributed by atoms with Crippen molar-refractivity contribution in [3.63, 3.8) is 0 Å². The van der Waals surface area contributed by atoms with E-state index in [1.807, 2.05) is 0 Å². The predicted octanol–water partition coefficient (Wildman–Crippen LogP) is 3.73. The molecule has 0 aromatic carbocycles. The van der Waals surface area contributed by atoms with E-state index in [2.05, 4.69) is 24.9 Å². The van der Waals surface area contributed by atoms with E-state index in [1.165, 1.54) is 32.6 Å². The van der Waals surface area contributed by atoms with Crippen LogP contribution in [0, 0.1) is 9.35 Å². The summed E-state index contributed by atoms with van der Waals surface area (Å²) in [5.74, 6) is 0. The minimum atomic E-state index is -2.21. The van der Waals surface area contributed by atoms with Gasteiger partial charge in [0.2, 0.25) is 0 Å². The summed E-state index contributed by atoms with van der Waals surface area (Å²) in [5.41, 5.74) is 0. The number of rotatable bonds is 6. The van der Waals surface area contributed by atoms with E-state index in [-0.39, 0.29) is 0 Å². The second kappa shape index (κ2) is 6.77. The van der Waals surface area contributed by atoms with Gasteiger partial charge in [0.1, 0.15) is 0 Å². The van der Waals surface area contributed by atoms with Crippen LogP contribution >= 0.6 is 0 Å². The molecule has 0 bridgehead atoms. The first-order chi connectivity index (χ1) is 5.74. The molecule has 0 radical (unpaired) electrons. The Labute approximate surface area is 81.0 Å². The van der Waals surface area contributed by atoms with Gasteiger partial charge in [-0.3, -0.25) is 0 Å². The zero-order valence-corrected chi connectivity index (χ0v) is 11.5. The molecule has 0 atom stereocenters. The molecule has 0 aromatic heterocycles. The number of hydrogen-bond acceptors (Lipinski definition) is 1. The van der Waals surface area contributed by atoms with Gasteiger partial charge in [0, 0.05) is 0 Å². The second-order valence-electron chi connectivity index (χ2n) is 3.64. The topological polar surface area (TPSA) is 23.8 Å². The van der Waals surface area contributed by atoms with Gasteiger partial charge in [-0.1, -0.05) is 0 Å². The summed E-state index contributed by atoms with van der Waals surface area (Å²) in [4.78, 5) is 0. The van der Waals surface area contributed by atoms with Crippen molar-refractivity contribution in [1.82, 2.24) is 0 Å². The van der Waals surface area contributed by atoms with E-state index in [0.717, 1.165) is 0 Å². The monoisotopic (exact) mass is 275 g/mol. The van der Waals surface area contributed by atoms with Gasteiger partial charge in [-0.25, -0.2) is 0 Å². The van der Waals surface area contributed by atoms with Crippen LogP contribution in [0.25, 0.3) is 0 Å². The zero-order chi connectivity index (χ0) is 9.45. The van der Waals surface area contributed by atoms with E-state index in [4.69, 9.17) is 0 Å². The van der Waals surface area contributed by atoms with Crippen LogP contribution in [0.4, 0.5) is 0 Å². The number of hydrogen-bond donors (Lipinski definition) is 0. The molecule has 0 heterocycles. The first kappa shape index (κ1) is 12.3. The molecule has 1 nitrogen and oxygen atoms in total. The fraction of sp³-hybridized carbons (Fsp3) is 0.900. The Kier molecular flexibility index (Phi) is 6.93. The van der Waals surface area contributed by atoms with Crippen molar-refractivity contribution in [2.24, 2.45) is 0 Å². The molecule has 0 aromatic rings. The zero-order valence-electron chi connectivity index (χ0n) is 8.69. The molecule has 0 unspecified atom stereocenters. The maximum absolute atomic E-state index is 9.21. The summed E-state index contributed by atoms with van der Waals surface area (Å²) in [5, 5.41) is 9.21. The second-order valence-corrected chi connectivity index (χ2v) is 15.9. The third kappa shape index (κ3) is 3.80. The van der Waals surface area contributed by atoms with Crippen molar-refractivity contribution in [2.45, 2.75) is 53.3 Å². The molecule has 12 heavy (non-hydrogen) atoms. The van der Waals surface area contributed by atoms with E-state index in [9.17, 15) is 5.26 Å². The Morgan fingerprint density at radius 3 is 1.42 bits per heavy atom. The summed E-state index contributed by atoms with van der Waals surface area (Å²) in [6.45, 7) is 6.65. The molecule has 2 heteroatoms. The average molecular weight is 274 g/mol. The number of nitriles is 1. The van der Waals surface area contributed by atoms with Gasteiger partial charge in [-0.2, -0.15) is 0 Å². The third-order valence-electron chi connectivity index (χ3n) is 2.42. The molecular weight excluding hydrogens is 253 g/mol. The average Bonchev–Trinajstić information content (AvgIpc) is 2.06. The summed E-state index contributed by atoms with van der Waals surface area (Å²) in [6, 6.07) is 0. The van der Waals surface area contributed by atoms with Crippen LogP contribution < -0.4 is 0 Å². The van der Waals surface area contributed by atoms with Crippen molar-refractivity contribution in [3.8, 4) is 4.09 Å². The predicted molar refractivity (Wildman–Crippen MR) is 56.7 cm³/mol. The summed E-state index contributed by atoms with van der Waals surface area (Å²) in [7, 11) is 0. The van der Waals surface area contributed by atoms with E-state index in [0.29, 0.717) is 0 Å². The van der Waals surface area contributed by atoms with Crippen LogP contribution in [-0.2, 0) is 0 Å². The molecule has 0 fully saturated rings. The molecule has 0 aliphatic rings. The molecule has 0 spiro atoms. The number of nitrogens with zero attached hydrogens (tertiary/aromatic N) is 1. The van der Waals surface area contributed by atoms with Crippen LogP contribution in [-0.4, -0.2) is 18.4 Å². The standard InChI is InChI=1S/3C3H7.CN.Sn/c3*1-3-2;1-2;/h3*1,3H2,2H3;;. The Morgan fingerprint density at radius 1 is 0.917 bits per heavy atom. The first-order valence-corrected chi connectivity index (χ1v) is 12.6. The third-order valence-corrected chi connectivity index (χ3v) is 16.3. The molecule has 70 valence electrons. The van der Waals surface area contributed by atoms with Gasteiger partial charge < -0.3 is 0 Å². The molecule has 0 rings (SSSR count). The van der Waals surface area contributed by atoms with E-state index >= 15 is 0 Å². The van der Waals surface area contributed by atoms with E-state index in [1.54, 1.807) is 0 Å². The SMILES string of the molecule is CC[CH2][Sn]([C]#N)([CH2]CC)[CH2]CC. The fourth-order valence-corrected chi connectivity index (χ4v) is 13.3. The summed E-state index contributed by atoms with van der Waals surface area (Å²) in [6.07, 6.45) is 3.68. The fourth-order valence-electron chi connectivity index (χ4n) is 1.98. The van der Waals surface area contributed by atoms with Crippen LogP contribution in [0.2, 0.25) is 13.3 Å². The van der Waals surface area contributed by atoms with Crippen molar-refractivity contribution < 1.29 is 0 Å². The van der Waals surface area contributed by atoms with Gasteiger partial charge in [0.05, 0.1) is 0 Å². The van der Waals surface area contributed by atoms with Crippen molar-refractivity contribution in [3.05, 3.63) is 0 Å². The normalized spacial score (nSPS) is 11.2.